The van der Waals surface area contributed by atoms with Crippen molar-refractivity contribution in [2.24, 2.45) is 27.2 Å². The molecular formula is C15H24N6O3. The molecule has 0 atom stereocenters. The first-order chi connectivity index (χ1) is 11.4. The third-order valence-electron chi connectivity index (χ3n) is 3.24. The lowest BCUT2D eigenvalue weighted by Gasteiger charge is -2.20. The Morgan fingerprint density at radius 1 is 1.12 bits per heavy atom. The topological polar surface area (TPSA) is 142 Å². The van der Waals surface area contributed by atoms with Gasteiger partial charge in [-0.2, -0.15) is 4.99 Å². The van der Waals surface area contributed by atoms with E-state index in [2.05, 4.69) is 9.98 Å². The summed E-state index contributed by atoms with van der Waals surface area (Å²) in [5, 5.41) is 0. The molecule has 0 heterocycles. The minimum Gasteiger partial charge on any atom is -0.493 e. The fraction of sp³-hybridized carbons (Fsp3) is 0.400. The number of carbonyl (C=O) groups excluding carboxylic acids is 1. The van der Waals surface area contributed by atoms with Gasteiger partial charge in [0.1, 0.15) is 5.69 Å². The molecule has 0 aliphatic rings. The summed E-state index contributed by atoms with van der Waals surface area (Å²) >= 11 is 0. The third-order valence-corrected chi connectivity index (χ3v) is 3.24. The van der Waals surface area contributed by atoms with Crippen LogP contribution in [0.5, 0.6) is 11.5 Å². The van der Waals surface area contributed by atoms with Crippen LogP contribution in [0.4, 0.5) is 5.69 Å². The van der Waals surface area contributed by atoms with Crippen molar-refractivity contribution in [1.29, 1.82) is 0 Å². The van der Waals surface area contributed by atoms with Gasteiger partial charge in [0.05, 0.1) is 14.2 Å². The van der Waals surface area contributed by atoms with Gasteiger partial charge >= 0.3 is 0 Å². The first-order valence-electron chi connectivity index (χ1n) is 7.36. The number of hydrogen-bond donors (Lipinski definition) is 3. The van der Waals surface area contributed by atoms with Crippen molar-refractivity contribution in [2.45, 2.75) is 13.8 Å². The Hall–Kier alpha value is -2.97. The lowest BCUT2D eigenvalue weighted by molar-refractivity contribution is 0.0772. The second-order valence-corrected chi connectivity index (χ2v) is 4.71. The van der Waals surface area contributed by atoms with Gasteiger partial charge in [0, 0.05) is 18.7 Å². The van der Waals surface area contributed by atoms with E-state index in [-0.39, 0.29) is 23.5 Å². The van der Waals surface area contributed by atoms with Gasteiger partial charge in [0.25, 0.3) is 5.91 Å². The van der Waals surface area contributed by atoms with Crippen LogP contribution in [0, 0.1) is 0 Å². The smallest absolute Gasteiger partial charge is 0.254 e. The summed E-state index contributed by atoms with van der Waals surface area (Å²) in [6.07, 6.45) is 0. The first-order valence-corrected chi connectivity index (χ1v) is 7.36. The Balaban J connectivity index is 3.48. The average Bonchev–Trinajstić information content (AvgIpc) is 2.54. The van der Waals surface area contributed by atoms with Crippen LogP contribution >= 0.6 is 0 Å². The molecule has 1 rings (SSSR count). The number of ether oxygens (including phenoxy) is 2. The zero-order valence-corrected chi connectivity index (χ0v) is 14.4. The van der Waals surface area contributed by atoms with Crippen molar-refractivity contribution in [1.82, 2.24) is 4.90 Å². The van der Waals surface area contributed by atoms with E-state index in [0.717, 1.165) is 0 Å². The molecule has 9 nitrogen and oxygen atoms in total. The molecule has 0 unspecified atom stereocenters. The van der Waals surface area contributed by atoms with Crippen LogP contribution in [0.1, 0.15) is 24.2 Å². The molecule has 0 saturated heterocycles. The number of amides is 1. The number of aliphatic imine (C=N–C) groups is 2. The number of nitrogens with zero attached hydrogens (tertiary/aromatic N) is 3. The Morgan fingerprint density at radius 3 is 2.21 bits per heavy atom. The highest BCUT2D eigenvalue weighted by Gasteiger charge is 2.19. The minimum atomic E-state index is -0.224. The summed E-state index contributed by atoms with van der Waals surface area (Å²) in [4.78, 5) is 22.0. The molecule has 0 fully saturated rings. The Labute approximate surface area is 141 Å². The van der Waals surface area contributed by atoms with E-state index in [1.807, 2.05) is 13.8 Å². The van der Waals surface area contributed by atoms with E-state index in [0.29, 0.717) is 30.2 Å². The fourth-order valence-electron chi connectivity index (χ4n) is 2.12. The quantitative estimate of drug-likeness (QED) is 0.507. The van der Waals surface area contributed by atoms with Crippen LogP contribution in [0.3, 0.4) is 0 Å². The zero-order valence-electron chi connectivity index (χ0n) is 14.4. The van der Waals surface area contributed by atoms with Crippen LogP contribution in [0.15, 0.2) is 22.1 Å². The summed E-state index contributed by atoms with van der Waals surface area (Å²) in [7, 11) is 2.93. The van der Waals surface area contributed by atoms with Crippen LogP contribution in [-0.2, 0) is 0 Å². The number of methoxy groups -OCH3 is 2. The molecule has 0 aliphatic carbocycles. The van der Waals surface area contributed by atoms with E-state index in [4.69, 9.17) is 26.7 Å². The van der Waals surface area contributed by atoms with Crippen molar-refractivity contribution in [3.05, 3.63) is 17.7 Å². The molecule has 0 aliphatic heterocycles. The highest BCUT2D eigenvalue weighted by molar-refractivity contribution is 5.98. The van der Waals surface area contributed by atoms with Crippen molar-refractivity contribution in [2.75, 3.05) is 27.3 Å². The fourth-order valence-corrected chi connectivity index (χ4v) is 2.12. The Kier molecular flexibility index (Phi) is 6.84. The average molecular weight is 336 g/mol. The summed E-state index contributed by atoms with van der Waals surface area (Å²) in [5.74, 6) is 0.132. The van der Waals surface area contributed by atoms with Crippen LogP contribution in [0.2, 0.25) is 0 Å². The molecule has 1 amide bonds. The summed E-state index contributed by atoms with van der Waals surface area (Å²) in [6.45, 7) is 4.97. The molecule has 9 heteroatoms. The van der Waals surface area contributed by atoms with Gasteiger partial charge in [-0.15, -0.1) is 0 Å². The van der Waals surface area contributed by atoms with Crippen molar-refractivity contribution in [3.63, 3.8) is 0 Å². The number of hydrogen-bond acceptors (Lipinski definition) is 4. The van der Waals surface area contributed by atoms with Gasteiger partial charge in [0.2, 0.25) is 5.96 Å². The minimum absolute atomic E-state index is 0.155. The number of carbonyl (C=O) groups is 1. The molecule has 0 radical (unpaired) electrons. The van der Waals surface area contributed by atoms with Gasteiger partial charge in [0.15, 0.2) is 17.5 Å². The maximum absolute atomic E-state index is 12.6. The third kappa shape index (κ3) is 4.51. The van der Waals surface area contributed by atoms with Gasteiger partial charge in [-0.3, -0.25) is 4.79 Å². The number of benzene rings is 1. The molecule has 0 bridgehead atoms. The summed E-state index contributed by atoms with van der Waals surface area (Å²) < 4.78 is 10.6. The second kappa shape index (κ2) is 8.61. The van der Waals surface area contributed by atoms with Crippen LogP contribution in [0.25, 0.3) is 0 Å². The molecule has 0 spiro atoms. The normalized spacial score (nSPS) is 10.9. The van der Waals surface area contributed by atoms with Gasteiger partial charge in [-0.25, -0.2) is 4.99 Å². The van der Waals surface area contributed by atoms with Gasteiger partial charge in [-0.05, 0) is 26.0 Å². The van der Waals surface area contributed by atoms with E-state index in [1.165, 1.54) is 14.2 Å². The molecule has 24 heavy (non-hydrogen) atoms. The predicted octanol–water partition coefficient (Wildman–Crippen LogP) is 0.405. The molecule has 6 N–H and O–H groups in total. The van der Waals surface area contributed by atoms with Crippen LogP contribution < -0.4 is 26.7 Å². The zero-order chi connectivity index (χ0) is 18.3. The second-order valence-electron chi connectivity index (χ2n) is 4.71. The first kappa shape index (κ1) is 19.1. The number of nitrogens with two attached hydrogens (primary N) is 3. The maximum Gasteiger partial charge on any atom is 0.254 e. The van der Waals surface area contributed by atoms with E-state index in [1.54, 1.807) is 17.0 Å². The standard InChI is InChI=1S/C15H24N6O3/c1-5-21(6-2)13(22)9-7-10(19-15(18)20-14(16)17)12(24-4)11(8-9)23-3/h7-8H,5-6H2,1-4H3,(H6,16,17,18,19,20). The summed E-state index contributed by atoms with van der Waals surface area (Å²) in [5.41, 5.74) is 16.9. The maximum atomic E-state index is 12.6. The van der Waals surface area contributed by atoms with Crippen molar-refractivity contribution >= 4 is 23.5 Å². The van der Waals surface area contributed by atoms with Crippen LogP contribution in [-0.4, -0.2) is 50.0 Å². The highest BCUT2D eigenvalue weighted by Crippen LogP contribution is 2.38. The molecule has 1 aromatic carbocycles. The predicted molar refractivity (Wildman–Crippen MR) is 93.9 cm³/mol. The Morgan fingerprint density at radius 2 is 1.75 bits per heavy atom. The number of rotatable bonds is 6. The monoisotopic (exact) mass is 336 g/mol. The van der Waals surface area contributed by atoms with Crippen molar-refractivity contribution < 1.29 is 14.3 Å². The van der Waals surface area contributed by atoms with Crippen molar-refractivity contribution in [3.8, 4) is 11.5 Å². The molecule has 0 saturated carbocycles. The largest absolute Gasteiger partial charge is 0.493 e. The molecular weight excluding hydrogens is 312 g/mol. The van der Waals surface area contributed by atoms with E-state index >= 15 is 0 Å². The van der Waals surface area contributed by atoms with E-state index in [9.17, 15) is 4.79 Å². The van der Waals surface area contributed by atoms with Gasteiger partial charge < -0.3 is 31.6 Å². The molecule has 1 aromatic rings. The lowest BCUT2D eigenvalue weighted by atomic mass is 10.1. The number of guanidine groups is 2. The summed E-state index contributed by atoms with van der Waals surface area (Å²) in [6, 6.07) is 3.15. The molecule has 132 valence electrons. The lowest BCUT2D eigenvalue weighted by Crippen LogP contribution is -2.30. The Bertz CT molecular complexity index is 649. The highest BCUT2D eigenvalue weighted by atomic mass is 16.5. The van der Waals surface area contributed by atoms with E-state index < -0.39 is 0 Å². The molecule has 0 aromatic heterocycles. The SMILES string of the molecule is CCN(CC)C(=O)c1cc(N=C(N)N=C(N)N)c(OC)c(OC)c1. The van der Waals surface area contributed by atoms with Gasteiger partial charge in [-0.1, -0.05) is 0 Å².